The maximum absolute atomic E-state index is 12.7. The molecule has 38 heavy (non-hydrogen) atoms. The van der Waals surface area contributed by atoms with Gasteiger partial charge in [-0.15, -0.1) is 12.4 Å². The summed E-state index contributed by atoms with van der Waals surface area (Å²) in [5, 5.41) is 12.5. The molecule has 4 rings (SSSR count). The highest BCUT2D eigenvalue weighted by molar-refractivity contribution is 5.99. The second kappa shape index (κ2) is 19.9. The molecule has 0 spiro atoms. The third kappa shape index (κ3) is 9.59. The lowest BCUT2D eigenvalue weighted by Crippen LogP contribution is -2.35. The number of nitrogens with zero attached hydrogens (tertiary/aromatic N) is 2. The van der Waals surface area contributed by atoms with Crippen molar-refractivity contribution >= 4 is 35.9 Å². The molecule has 2 aliphatic rings. The SMILES string of the molecule is CC.CC.CC.Cl.O.O=C(O)c1cccc2c1CNCC(=O)N2Cc1ccc(C(=O)N2CC=CCC2)cc1. The summed E-state index contributed by atoms with van der Waals surface area (Å²) in [6, 6.07) is 12.2. The smallest absolute Gasteiger partial charge is 0.336 e. The van der Waals surface area contributed by atoms with Crippen LogP contribution in [0.5, 0.6) is 0 Å². The highest BCUT2D eigenvalue weighted by Gasteiger charge is 2.25. The molecule has 2 aliphatic heterocycles. The van der Waals surface area contributed by atoms with E-state index in [0.29, 0.717) is 36.4 Å². The van der Waals surface area contributed by atoms with E-state index in [1.54, 1.807) is 35.2 Å². The van der Waals surface area contributed by atoms with Crippen LogP contribution in [-0.4, -0.2) is 52.9 Å². The average molecular weight is 550 g/mol. The summed E-state index contributed by atoms with van der Waals surface area (Å²) in [5.74, 6) is -1.15. The van der Waals surface area contributed by atoms with Gasteiger partial charge in [0.05, 0.1) is 18.7 Å². The van der Waals surface area contributed by atoms with Crippen LogP contribution in [0.2, 0.25) is 0 Å². The van der Waals surface area contributed by atoms with Crippen LogP contribution in [0, 0.1) is 0 Å². The maximum Gasteiger partial charge on any atom is 0.336 e. The number of hydrogen-bond donors (Lipinski definition) is 2. The van der Waals surface area contributed by atoms with Crippen LogP contribution < -0.4 is 10.2 Å². The van der Waals surface area contributed by atoms with Crippen molar-refractivity contribution in [3.05, 3.63) is 76.9 Å². The van der Waals surface area contributed by atoms with Crippen molar-refractivity contribution in [2.75, 3.05) is 24.5 Å². The van der Waals surface area contributed by atoms with Crippen molar-refractivity contribution in [2.45, 2.75) is 61.1 Å². The summed E-state index contributed by atoms with van der Waals surface area (Å²) >= 11 is 0. The summed E-state index contributed by atoms with van der Waals surface area (Å²) in [6.07, 6.45) is 4.94. The Morgan fingerprint density at radius 2 is 1.55 bits per heavy atom. The normalized spacial score (nSPS) is 13.3. The summed E-state index contributed by atoms with van der Waals surface area (Å²) in [6.45, 7) is 14.1. The Morgan fingerprint density at radius 1 is 0.921 bits per heavy atom. The molecule has 0 bridgehead atoms. The Balaban J connectivity index is 0. The van der Waals surface area contributed by atoms with Crippen molar-refractivity contribution in [2.24, 2.45) is 0 Å². The minimum atomic E-state index is -1.02. The zero-order valence-electron chi connectivity index (χ0n) is 23.4. The lowest BCUT2D eigenvalue weighted by atomic mass is 10.0. The van der Waals surface area contributed by atoms with Crippen LogP contribution in [0.4, 0.5) is 5.69 Å². The van der Waals surface area contributed by atoms with Crippen LogP contribution in [0.25, 0.3) is 0 Å². The lowest BCUT2D eigenvalue weighted by molar-refractivity contribution is -0.117. The fraction of sp³-hybridized carbons (Fsp3) is 0.414. The number of amides is 2. The van der Waals surface area contributed by atoms with Crippen LogP contribution in [0.3, 0.4) is 0 Å². The van der Waals surface area contributed by atoms with Crippen LogP contribution in [0.1, 0.15) is 79.8 Å². The van der Waals surface area contributed by atoms with Gasteiger partial charge in [-0.05, 0) is 36.2 Å². The van der Waals surface area contributed by atoms with E-state index < -0.39 is 5.97 Å². The second-order valence-electron chi connectivity index (χ2n) is 7.40. The summed E-state index contributed by atoms with van der Waals surface area (Å²) < 4.78 is 0. The molecule has 2 heterocycles. The van der Waals surface area contributed by atoms with Crippen molar-refractivity contribution in [1.29, 1.82) is 0 Å². The van der Waals surface area contributed by atoms with Crippen LogP contribution >= 0.6 is 12.4 Å². The van der Waals surface area contributed by atoms with Gasteiger partial charge < -0.3 is 25.7 Å². The predicted molar refractivity (Wildman–Crippen MR) is 157 cm³/mol. The lowest BCUT2D eigenvalue weighted by Gasteiger charge is -2.24. The van der Waals surface area contributed by atoms with Gasteiger partial charge in [0.15, 0.2) is 0 Å². The van der Waals surface area contributed by atoms with Gasteiger partial charge in [-0.25, -0.2) is 4.79 Å². The number of carbonyl (C=O) groups is 3. The molecule has 9 heteroatoms. The molecule has 2 amide bonds. The maximum atomic E-state index is 12.7. The van der Waals surface area contributed by atoms with E-state index in [9.17, 15) is 19.5 Å². The predicted octanol–water partition coefficient (Wildman–Crippen LogP) is 5.10. The molecule has 0 saturated carbocycles. The minimum absolute atomic E-state index is 0. The van der Waals surface area contributed by atoms with Crippen molar-refractivity contribution in [1.82, 2.24) is 10.2 Å². The first-order valence-corrected chi connectivity index (χ1v) is 12.9. The number of anilines is 1. The van der Waals surface area contributed by atoms with Crippen molar-refractivity contribution in [3.8, 4) is 0 Å². The largest absolute Gasteiger partial charge is 0.478 e. The first-order valence-electron chi connectivity index (χ1n) is 12.9. The number of carboxylic acids is 1. The van der Waals surface area contributed by atoms with E-state index in [1.807, 2.05) is 64.7 Å². The number of carbonyl (C=O) groups excluding carboxylic acids is 2. The molecule has 2 aromatic carbocycles. The fourth-order valence-corrected chi connectivity index (χ4v) is 3.85. The van der Waals surface area contributed by atoms with Gasteiger partial charge in [0, 0.05) is 36.4 Å². The Morgan fingerprint density at radius 3 is 2.11 bits per heavy atom. The Bertz CT molecular complexity index is 1030. The topological polar surface area (TPSA) is 121 Å². The number of carboxylic acid groups (broad SMARTS) is 1. The number of aromatic carboxylic acids is 1. The molecule has 0 radical (unpaired) electrons. The second-order valence-corrected chi connectivity index (χ2v) is 7.40. The number of benzene rings is 2. The van der Waals surface area contributed by atoms with Gasteiger partial charge in [0.2, 0.25) is 5.91 Å². The number of fused-ring (bicyclic) bond motifs is 1. The quantitative estimate of drug-likeness (QED) is 0.514. The molecule has 2 aromatic rings. The van der Waals surface area contributed by atoms with E-state index >= 15 is 0 Å². The van der Waals surface area contributed by atoms with Gasteiger partial charge in [-0.3, -0.25) is 9.59 Å². The zero-order valence-corrected chi connectivity index (χ0v) is 24.2. The Hall–Kier alpha value is -3.20. The molecule has 0 saturated heterocycles. The number of rotatable bonds is 4. The Kier molecular flexibility index (Phi) is 19.3. The van der Waals surface area contributed by atoms with E-state index in [4.69, 9.17) is 0 Å². The number of halogens is 1. The van der Waals surface area contributed by atoms with Crippen molar-refractivity contribution < 1.29 is 25.0 Å². The zero-order chi connectivity index (χ0) is 27.1. The standard InChI is InChI=1S/C23H23N3O4.3C2H6.ClH.H2O/c27-21-14-24-13-19-18(23(29)30)5-4-6-20(19)26(21)15-16-7-9-17(10-8-16)22(28)25-11-2-1-3-12-25;3*1-2;;/h1-2,4-10,24H,3,11-15H2,(H,29,30);3*1-2H3;1H;1H2. The number of hydrogen-bond acceptors (Lipinski definition) is 4. The highest BCUT2D eigenvalue weighted by Crippen LogP contribution is 2.28. The van der Waals surface area contributed by atoms with Crippen molar-refractivity contribution in [3.63, 3.8) is 0 Å². The molecule has 212 valence electrons. The first-order chi connectivity index (χ1) is 17.5. The van der Waals surface area contributed by atoms with Gasteiger partial charge in [0.25, 0.3) is 5.91 Å². The summed E-state index contributed by atoms with van der Waals surface area (Å²) in [5.41, 5.74) is 2.88. The average Bonchev–Trinajstić information content (AvgIpc) is 3.10. The summed E-state index contributed by atoms with van der Waals surface area (Å²) in [7, 11) is 0. The van der Waals surface area contributed by atoms with Gasteiger partial charge in [-0.1, -0.05) is 71.9 Å². The van der Waals surface area contributed by atoms with E-state index in [2.05, 4.69) is 11.4 Å². The van der Waals surface area contributed by atoms with E-state index in [1.165, 1.54) is 0 Å². The molecule has 4 N–H and O–H groups in total. The van der Waals surface area contributed by atoms with Gasteiger partial charge in [-0.2, -0.15) is 0 Å². The minimum Gasteiger partial charge on any atom is -0.478 e. The van der Waals surface area contributed by atoms with E-state index in [0.717, 1.165) is 18.5 Å². The van der Waals surface area contributed by atoms with Crippen LogP contribution in [0.15, 0.2) is 54.6 Å². The highest BCUT2D eigenvalue weighted by atomic mass is 35.5. The summed E-state index contributed by atoms with van der Waals surface area (Å²) in [4.78, 5) is 40.3. The molecule has 0 aliphatic carbocycles. The molecular formula is C29H44ClN3O5. The molecule has 0 unspecified atom stereocenters. The first kappa shape index (κ1) is 37.0. The third-order valence-electron chi connectivity index (χ3n) is 5.44. The van der Waals surface area contributed by atoms with E-state index in [-0.39, 0.29) is 41.8 Å². The molecular weight excluding hydrogens is 506 g/mol. The molecule has 0 atom stereocenters. The third-order valence-corrected chi connectivity index (χ3v) is 5.44. The molecule has 0 aromatic heterocycles. The van der Waals surface area contributed by atoms with Gasteiger partial charge in [0.1, 0.15) is 0 Å². The number of nitrogens with one attached hydrogen (secondary N) is 1. The fourth-order valence-electron chi connectivity index (χ4n) is 3.85. The van der Waals surface area contributed by atoms with Gasteiger partial charge >= 0.3 is 5.97 Å². The van der Waals surface area contributed by atoms with Crippen LogP contribution in [-0.2, 0) is 17.9 Å². The Labute approximate surface area is 233 Å². The monoisotopic (exact) mass is 549 g/mol. The molecule has 0 fully saturated rings. The molecule has 8 nitrogen and oxygen atoms in total.